The number of hydrogen-bond donors (Lipinski definition) is 1. The summed E-state index contributed by atoms with van der Waals surface area (Å²) in [6.07, 6.45) is 0. The molecule has 0 aliphatic heterocycles. The summed E-state index contributed by atoms with van der Waals surface area (Å²) in [6.45, 7) is 2.47. The molecule has 0 atom stereocenters. The van der Waals surface area contributed by atoms with Gasteiger partial charge in [-0.25, -0.2) is 0 Å². The van der Waals surface area contributed by atoms with E-state index in [2.05, 4.69) is 4.98 Å². The molecule has 0 bridgehead atoms. The number of ether oxygens (including phenoxy) is 1. The highest BCUT2D eigenvalue weighted by molar-refractivity contribution is 6.30. The zero-order chi connectivity index (χ0) is 12.3. The van der Waals surface area contributed by atoms with Crippen LogP contribution in [-0.4, -0.2) is 11.6 Å². The minimum absolute atomic E-state index is 0.148. The number of rotatable bonds is 3. The van der Waals surface area contributed by atoms with Crippen molar-refractivity contribution in [2.45, 2.75) is 6.92 Å². The first kappa shape index (κ1) is 11.7. The lowest BCUT2D eigenvalue weighted by atomic mass is 10.1. The zero-order valence-electron chi connectivity index (χ0n) is 9.37. The average molecular weight is 250 g/mol. The van der Waals surface area contributed by atoms with Crippen molar-refractivity contribution in [3.63, 3.8) is 0 Å². The van der Waals surface area contributed by atoms with Crippen LogP contribution in [0.2, 0.25) is 5.02 Å². The van der Waals surface area contributed by atoms with Gasteiger partial charge in [0.1, 0.15) is 5.75 Å². The van der Waals surface area contributed by atoms with Crippen LogP contribution in [0.4, 0.5) is 0 Å². The molecule has 88 valence electrons. The Balaban J connectivity index is 2.56. The molecule has 0 spiro atoms. The highest BCUT2D eigenvalue weighted by atomic mass is 35.5. The molecule has 0 saturated carbocycles. The second-order valence-corrected chi connectivity index (χ2v) is 3.94. The molecule has 1 aromatic carbocycles. The average Bonchev–Trinajstić information content (AvgIpc) is 2.32. The van der Waals surface area contributed by atoms with Gasteiger partial charge in [-0.2, -0.15) is 0 Å². The van der Waals surface area contributed by atoms with Crippen LogP contribution in [0.15, 0.2) is 41.2 Å². The number of H-pyrrole nitrogens is 1. The Labute approximate surface area is 104 Å². The first-order chi connectivity index (χ1) is 8.20. The molecule has 1 aromatic heterocycles. The molecule has 4 heteroatoms. The van der Waals surface area contributed by atoms with Gasteiger partial charge >= 0.3 is 0 Å². The Kier molecular flexibility index (Phi) is 3.49. The van der Waals surface area contributed by atoms with E-state index in [9.17, 15) is 4.79 Å². The van der Waals surface area contributed by atoms with Gasteiger partial charge in [-0.3, -0.25) is 4.79 Å². The van der Waals surface area contributed by atoms with E-state index in [0.717, 1.165) is 5.56 Å². The normalized spacial score (nSPS) is 10.2. The summed E-state index contributed by atoms with van der Waals surface area (Å²) in [5, 5.41) is 0.605. The van der Waals surface area contributed by atoms with Crippen molar-refractivity contribution in [3.05, 3.63) is 51.8 Å². The summed E-state index contributed by atoms with van der Waals surface area (Å²) in [5.41, 5.74) is 1.34. The number of aromatic nitrogens is 1. The van der Waals surface area contributed by atoms with Crippen LogP contribution in [0, 0.1) is 0 Å². The van der Waals surface area contributed by atoms with Crippen molar-refractivity contribution in [2.75, 3.05) is 6.61 Å². The molecule has 0 amide bonds. The third kappa shape index (κ3) is 2.68. The maximum Gasteiger partial charge on any atom is 0.248 e. The number of hydrogen-bond acceptors (Lipinski definition) is 2. The van der Waals surface area contributed by atoms with Crippen LogP contribution in [0.25, 0.3) is 11.3 Å². The summed E-state index contributed by atoms with van der Waals surface area (Å²) in [7, 11) is 0. The monoisotopic (exact) mass is 249 g/mol. The lowest BCUT2D eigenvalue weighted by molar-refractivity contribution is 0.341. The van der Waals surface area contributed by atoms with Gasteiger partial charge in [0.05, 0.1) is 12.3 Å². The summed E-state index contributed by atoms with van der Waals surface area (Å²) in [6, 6.07) is 10.3. The Bertz CT molecular complexity index is 578. The molecular weight excluding hydrogens is 238 g/mol. The van der Waals surface area contributed by atoms with Gasteiger partial charge in [0.2, 0.25) is 5.56 Å². The fourth-order valence-corrected chi connectivity index (χ4v) is 1.77. The van der Waals surface area contributed by atoms with Gasteiger partial charge in [0, 0.05) is 16.7 Å². The van der Waals surface area contributed by atoms with Crippen LogP contribution < -0.4 is 10.3 Å². The van der Waals surface area contributed by atoms with E-state index in [4.69, 9.17) is 16.3 Å². The Morgan fingerprint density at radius 2 is 2.12 bits per heavy atom. The van der Waals surface area contributed by atoms with Crippen LogP contribution in [0.5, 0.6) is 5.75 Å². The lowest BCUT2D eigenvalue weighted by Crippen LogP contribution is -2.04. The molecule has 0 saturated heterocycles. The fraction of sp³-hybridized carbons (Fsp3) is 0.154. The molecule has 1 heterocycles. The number of aromatic amines is 1. The highest BCUT2D eigenvalue weighted by Crippen LogP contribution is 2.30. The summed E-state index contributed by atoms with van der Waals surface area (Å²) < 4.78 is 5.51. The minimum atomic E-state index is -0.148. The molecule has 3 nitrogen and oxygen atoms in total. The van der Waals surface area contributed by atoms with Gasteiger partial charge in [-0.05, 0) is 31.2 Å². The Morgan fingerprint density at radius 1 is 1.29 bits per heavy atom. The van der Waals surface area contributed by atoms with Crippen molar-refractivity contribution in [3.8, 4) is 17.0 Å². The van der Waals surface area contributed by atoms with Crippen molar-refractivity contribution < 1.29 is 4.74 Å². The highest BCUT2D eigenvalue weighted by Gasteiger charge is 2.07. The minimum Gasteiger partial charge on any atom is -0.493 e. The number of nitrogens with one attached hydrogen (secondary N) is 1. The molecule has 2 aromatic rings. The smallest absolute Gasteiger partial charge is 0.248 e. The number of benzene rings is 1. The largest absolute Gasteiger partial charge is 0.493 e. The van der Waals surface area contributed by atoms with E-state index >= 15 is 0 Å². The predicted molar refractivity (Wildman–Crippen MR) is 68.7 cm³/mol. The maximum absolute atomic E-state index is 11.3. The van der Waals surface area contributed by atoms with E-state index < -0.39 is 0 Å². The van der Waals surface area contributed by atoms with Crippen LogP contribution >= 0.6 is 11.6 Å². The summed E-state index contributed by atoms with van der Waals surface area (Å²) in [4.78, 5) is 14.0. The van der Waals surface area contributed by atoms with Gasteiger partial charge in [0.25, 0.3) is 0 Å². The number of pyridine rings is 1. The molecule has 1 N–H and O–H groups in total. The van der Waals surface area contributed by atoms with Crippen molar-refractivity contribution in [1.82, 2.24) is 4.98 Å². The summed E-state index contributed by atoms with van der Waals surface area (Å²) in [5.74, 6) is 0.707. The molecule has 0 radical (unpaired) electrons. The van der Waals surface area contributed by atoms with E-state index in [-0.39, 0.29) is 5.56 Å². The Morgan fingerprint density at radius 3 is 2.82 bits per heavy atom. The first-order valence-corrected chi connectivity index (χ1v) is 5.70. The first-order valence-electron chi connectivity index (χ1n) is 5.33. The third-order valence-corrected chi connectivity index (χ3v) is 2.54. The van der Waals surface area contributed by atoms with E-state index in [0.29, 0.717) is 23.1 Å². The third-order valence-electron chi connectivity index (χ3n) is 2.30. The van der Waals surface area contributed by atoms with Crippen molar-refractivity contribution in [1.29, 1.82) is 0 Å². The topological polar surface area (TPSA) is 42.1 Å². The quantitative estimate of drug-likeness (QED) is 0.908. The lowest BCUT2D eigenvalue weighted by Gasteiger charge is -2.10. The second-order valence-electron chi connectivity index (χ2n) is 3.50. The molecule has 0 unspecified atom stereocenters. The van der Waals surface area contributed by atoms with E-state index in [1.54, 1.807) is 24.3 Å². The second kappa shape index (κ2) is 5.06. The molecule has 0 aliphatic carbocycles. The predicted octanol–water partition coefficient (Wildman–Crippen LogP) is 3.09. The molecule has 2 rings (SSSR count). The molecule has 0 fully saturated rings. The van der Waals surface area contributed by atoms with E-state index in [1.165, 1.54) is 6.07 Å². The van der Waals surface area contributed by atoms with Crippen LogP contribution in [-0.2, 0) is 0 Å². The number of halogens is 1. The maximum atomic E-state index is 11.3. The van der Waals surface area contributed by atoms with Crippen molar-refractivity contribution in [2.24, 2.45) is 0 Å². The van der Waals surface area contributed by atoms with E-state index in [1.807, 2.05) is 13.0 Å². The van der Waals surface area contributed by atoms with Gasteiger partial charge < -0.3 is 9.72 Å². The van der Waals surface area contributed by atoms with Crippen LogP contribution in [0.3, 0.4) is 0 Å². The van der Waals surface area contributed by atoms with Crippen LogP contribution in [0.1, 0.15) is 6.92 Å². The SMILES string of the molecule is CCOc1ccc(Cl)cc1-c1cccc(=O)[nH]1. The summed E-state index contributed by atoms with van der Waals surface area (Å²) >= 11 is 5.96. The van der Waals surface area contributed by atoms with Gasteiger partial charge in [-0.1, -0.05) is 17.7 Å². The fourth-order valence-electron chi connectivity index (χ4n) is 1.60. The zero-order valence-corrected chi connectivity index (χ0v) is 10.1. The van der Waals surface area contributed by atoms with Gasteiger partial charge in [-0.15, -0.1) is 0 Å². The van der Waals surface area contributed by atoms with Gasteiger partial charge in [0.15, 0.2) is 0 Å². The molecular formula is C13H12ClNO2. The molecule has 0 aliphatic rings. The van der Waals surface area contributed by atoms with Crippen molar-refractivity contribution >= 4 is 11.6 Å². The standard InChI is InChI=1S/C13H12ClNO2/c1-2-17-12-7-6-9(14)8-10(12)11-4-3-5-13(16)15-11/h3-8H,2H2,1H3,(H,15,16). The molecule has 17 heavy (non-hydrogen) atoms. The Hall–Kier alpha value is -1.74.